The lowest BCUT2D eigenvalue weighted by Crippen LogP contribution is -2.44. The monoisotopic (exact) mass is 194 g/mol. The van der Waals surface area contributed by atoms with Gasteiger partial charge in [-0.05, 0) is 24.5 Å². The standard InChI is InChI=1S/C10H11ClN2/c11-10-2-1-6(5-12-10)8-3-7-4-9(8)13-7/h1-2,5,7-9,13H,3-4H2. The number of hydrogen-bond donors (Lipinski definition) is 1. The molecule has 1 N–H and O–H groups in total. The van der Waals surface area contributed by atoms with E-state index in [9.17, 15) is 0 Å². The third-order valence-electron chi connectivity index (χ3n) is 3.19. The summed E-state index contributed by atoms with van der Waals surface area (Å²) in [6.07, 6.45) is 4.52. The Balaban J connectivity index is 1.88. The summed E-state index contributed by atoms with van der Waals surface area (Å²) in [6.45, 7) is 0. The highest BCUT2D eigenvalue weighted by atomic mass is 35.5. The molecule has 1 aromatic heterocycles. The molecule has 3 unspecified atom stereocenters. The Morgan fingerprint density at radius 3 is 2.77 bits per heavy atom. The average molecular weight is 195 g/mol. The molecule has 0 radical (unpaired) electrons. The highest BCUT2D eigenvalue weighted by Gasteiger charge is 2.44. The van der Waals surface area contributed by atoms with Gasteiger partial charge in [0.25, 0.3) is 0 Å². The van der Waals surface area contributed by atoms with Crippen molar-refractivity contribution in [2.45, 2.75) is 30.8 Å². The summed E-state index contributed by atoms with van der Waals surface area (Å²) < 4.78 is 0. The molecule has 0 spiro atoms. The molecule has 2 nitrogen and oxygen atoms in total. The van der Waals surface area contributed by atoms with Crippen LogP contribution in [0.25, 0.3) is 0 Å². The predicted octanol–water partition coefficient (Wildman–Crippen LogP) is 1.95. The van der Waals surface area contributed by atoms with E-state index >= 15 is 0 Å². The Hall–Kier alpha value is -0.600. The lowest BCUT2D eigenvalue weighted by atomic mass is 9.96. The predicted molar refractivity (Wildman–Crippen MR) is 51.9 cm³/mol. The van der Waals surface area contributed by atoms with Crippen LogP contribution in [0.3, 0.4) is 0 Å². The van der Waals surface area contributed by atoms with E-state index in [1.54, 1.807) is 0 Å². The second-order valence-corrected chi connectivity index (χ2v) is 4.35. The molecule has 4 rings (SSSR count). The second kappa shape index (κ2) is 2.69. The average Bonchev–Trinajstić information content (AvgIpc) is 2.62. The maximum absolute atomic E-state index is 5.74. The van der Waals surface area contributed by atoms with Gasteiger partial charge in [0, 0.05) is 24.2 Å². The van der Waals surface area contributed by atoms with E-state index in [0.29, 0.717) is 17.1 Å². The van der Waals surface area contributed by atoms with Crippen LogP contribution in [0.5, 0.6) is 0 Å². The maximum atomic E-state index is 5.74. The van der Waals surface area contributed by atoms with Gasteiger partial charge in [-0.2, -0.15) is 0 Å². The number of hydrogen-bond acceptors (Lipinski definition) is 2. The van der Waals surface area contributed by atoms with Gasteiger partial charge in [-0.1, -0.05) is 17.7 Å². The first-order valence-corrected chi connectivity index (χ1v) is 5.08. The zero-order valence-corrected chi connectivity index (χ0v) is 7.96. The number of nitrogens with one attached hydrogen (secondary N) is 1. The Labute approximate surface area is 82.3 Å². The fourth-order valence-electron chi connectivity index (χ4n) is 2.48. The Morgan fingerprint density at radius 1 is 1.38 bits per heavy atom. The zero-order valence-electron chi connectivity index (χ0n) is 7.20. The first-order valence-electron chi connectivity index (χ1n) is 4.70. The molecule has 13 heavy (non-hydrogen) atoms. The van der Waals surface area contributed by atoms with Gasteiger partial charge in [0.2, 0.25) is 0 Å². The molecule has 3 heteroatoms. The van der Waals surface area contributed by atoms with E-state index in [4.69, 9.17) is 11.6 Å². The Bertz CT molecular complexity index is 316. The number of fused-ring (bicyclic) bond motifs is 1. The molecule has 0 amide bonds. The zero-order chi connectivity index (χ0) is 8.84. The summed E-state index contributed by atoms with van der Waals surface area (Å²) in [5.41, 5.74) is 1.34. The minimum atomic E-state index is 0.585. The molecular formula is C10H11ClN2. The van der Waals surface area contributed by atoms with Gasteiger partial charge in [-0.15, -0.1) is 0 Å². The molecule has 2 aliphatic heterocycles. The fourth-order valence-corrected chi connectivity index (χ4v) is 2.59. The van der Waals surface area contributed by atoms with Crippen molar-refractivity contribution in [3.63, 3.8) is 0 Å². The quantitative estimate of drug-likeness (QED) is 0.692. The summed E-state index contributed by atoms with van der Waals surface area (Å²) in [6, 6.07) is 5.45. The Kier molecular flexibility index (Phi) is 1.61. The molecule has 3 aliphatic rings. The van der Waals surface area contributed by atoms with E-state index in [1.165, 1.54) is 18.4 Å². The van der Waals surface area contributed by atoms with Crippen molar-refractivity contribution in [3.8, 4) is 0 Å². The third-order valence-corrected chi connectivity index (χ3v) is 3.41. The Morgan fingerprint density at radius 2 is 2.23 bits per heavy atom. The van der Waals surface area contributed by atoms with Crippen LogP contribution in [0.15, 0.2) is 18.3 Å². The second-order valence-electron chi connectivity index (χ2n) is 3.96. The van der Waals surface area contributed by atoms with Gasteiger partial charge in [-0.3, -0.25) is 0 Å². The van der Waals surface area contributed by atoms with Gasteiger partial charge >= 0.3 is 0 Å². The van der Waals surface area contributed by atoms with E-state index in [2.05, 4.69) is 16.4 Å². The van der Waals surface area contributed by atoms with Crippen molar-refractivity contribution < 1.29 is 0 Å². The van der Waals surface area contributed by atoms with Crippen LogP contribution in [0.2, 0.25) is 5.15 Å². The first-order chi connectivity index (χ1) is 6.33. The summed E-state index contributed by atoms with van der Waals surface area (Å²) in [5.74, 6) is 0.676. The van der Waals surface area contributed by atoms with Crippen LogP contribution < -0.4 is 5.32 Å². The van der Waals surface area contributed by atoms with Crippen LogP contribution in [-0.2, 0) is 0 Å². The SMILES string of the molecule is Clc1ccc(C2CC3CC2N3)cn1. The minimum Gasteiger partial charge on any atom is -0.310 e. The molecule has 1 aliphatic carbocycles. The molecule has 1 saturated carbocycles. The lowest BCUT2D eigenvalue weighted by molar-refractivity contribution is 0.359. The summed E-state index contributed by atoms with van der Waals surface area (Å²) in [5, 5.41) is 4.10. The molecule has 68 valence electrons. The van der Waals surface area contributed by atoms with E-state index in [-0.39, 0.29) is 0 Å². The van der Waals surface area contributed by atoms with Crippen LogP contribution in [0, 0.1) is 0 Å². The van der Waals surface area contributed by atoms with Crippen molar-refractivity contribution in [2.75, 3.05) is 0 Å². The fraction of sp³-hybridized carbons (Fsp3) is 0.500. The molecule has 3 fully saturated rings. The molecule has 0 aromatic carbocycles. The largest absolute Gasteiger partial charge is 0.310 e. The van der Waals surface area contributed by atoms with Gasteiger partial charge in [0.15, 0.2) is 0 Å². The lowest BCUT2D eigenvalue weighted by Gasteiger charge is -2.27. The molecule has 1 aromatic rings. The number of halogens is 1. The highest BCUT2D eigenvalue weighted by molar-refractivity contribution is 6.29. The van der Waals surface area contributed by atoms with Gasteiger partial charge in [-0.25, -0.2) is 4.98 Å². The maximum Gasteiger partial charge on any atom is 0.129 e. The number of aromatic nitrogens is 1. The third kappa shape index (κ3) is 1.17. The van der Waals surface area contributed by atoms with Crippen LogP contribution in [0.4, 0.5) is 0 Å². The van der Waals surface area contributed by atoms with Crippen LogP contribution >= 0.6 is 11.6 Å². The van der Waals surface area contributed by atoms with Gasteiger partial charge in [0.1, 0.15) is 5.15 Å². The summed E-state index contributed by atoms with van der Waals surface area (Å²) in [4.78, 5) is 4.11. The van der Waals surface area contributed by atoms with Crippen molar-refractivity contribution in [1.29, 1.82) is 0 Å². The molecule has 2 bridgehead atoms. The van der Waals surface area contributed by atoms with E-state index in [0.717, 1.165) is 6.04 Å². The van der Waals surface area contributed by atoms with Crippen molar-refractivity contribution in [3.05, 3.63) is 29.0 Å². The molecule has 3 heterocycles. The first kappa shape index (κ1) is 7.77. The van der Waals surface area contributed by atoms with Gasteiger partial charge < -0.3 is 5.32 Å². The van der Waals surface area contributed by atoms with Gasteiger partial charge in [0.05, 0.1) is 0 Å². The summed E-state index contributed by atoms with van der Waals surface area (Å²) >= 11 is 5.74. The normalized spacial score (nSPS) is 35.9. The number of rotatable bonds is 1. The topological polar surface area (TPSA) is 24.9 Å². The molecule has 2 saturated heterocycles. The smallest absolute Gasteiger partial charge is 0.129 e. The van der Waals surface area contributed by atoms with Crippen LogP contribution in [-0.4, -0.2) is 17.1 Å². The van der Waals surface area contributed by atoms with E-state index < -0.39 is 0 Å². The highest BCUT2D eigenvalue weighted by Crippen LogP contribution is 2.42. The number of nitrogens with zero attached hydrogens (tertiary/aromatic N) is 1. The van der Waals surface area contributed by atoms with E-state index in [1.807, 2.05) is 12.3 Å². The van der Waals surface area contributed by atoms with Crippen molar-refractivity contribution >= 4 is 11.6 Å². The molecular weight excluding hydrogens is 184 g/mol. The van der Waals surface area contributed by atoms with Crippen molar-refractivity contribution in [2.24, 2.45) is 0 Å². The minimum absolute atomic E-state index is 0.585. The molecule has 3 atom stereocenters. The number of pyridine rings is 1. The van der Waals surface area contributed by atoms with Crippen molar-refractivity contribution in [1.82, 2.24) is 10.3 Å². The summed E-state index contributed by atoms with van der Waals surface area (Å²) in [7, 11) is 0. The van der Waals surface area contributed by atoms with Crippen LogP contribution in [0.1, 0.15) is 24.3 Å².